The number of benzene rings is 1. The average molecular weight is 399 g/mol. The Morgan fingerprint density at radius 3 is 2.64 bits per heavy atom. The van der Waals surface area contributed by atoms with E-state index in [9.17, 15) is 19.0 Å². The van der Waals surface area contributed by atoms with Crippen molar-refractivity contribution in [2.24, 2.45) is 15.9 Å². The minimum absolute atomic E-state index is 0.0825. The minimum Gasteiger partial charge on any atom is -0.394 e. The Labute approximate surface area is 164 Å². The van der Waals surface area contributed by atoms with Crippen LogP contribution in [-0.4, -0.2) is 44.7 Å². The molecule has 3 atom stereocenters. The van der Waals surface area contributed by atoms with E-state index in [1.54, 1.807) is 41.4 Å². The summed E-state index contributed by atoms with van der Waals surface area (Å²) in [6.07, 6.45) is 3.05. The number of nitriles is 1. The fourth-order valence-corrected chi connectivity index (χ4v) is 3.75. The van der Waals surface area contributed by atoms with E-state index in [-0.39, 0.29) is 24.2 Å². The summed E-state index contributed by atoms with van der Waals surface area (Å²) in [5.41, 5.74) is 0.633. The van der Waals surface area contributed by atoms with Gasteiger partial charge in [-0.05, 0) is 29.8 Å². The van der Waals surface area contributed by atoms with Crippen LogP contribution in [-0.2, 0) is 10.8 Å². The third-order valence-corrected chi connectivity index (χ3v) is 5.11. The zero-order valence-electron chi connectivity index (χ0n) is 15.1. The van der Waals surface area contributed by atoms with Crippen molar-refractivity contribution >= 4 is 27.6 Å². The number of hydrogen-bond donors (Lipinski definition) is 1. The Balaban J connectivity index is 2.25. The lowest BCUT2D eigenvalue weighted by Gasteiger charge is -2.38. The van der Waals surface area contributed by atoms with Gasteiger partial charge in [-0.3, -0.25) is 9.11 Å². The summed E-state index contributed by atoms with van der Waals surface area (Å²) in [6.45, 7) is -0.109. The van der Waals surface area contributed by atoms with E-state index < -0.39 is 28.6 Å². The minimum atomic E-state index is -1.52. The first kappa shape index (κ1) is 19.8. The average Bonchev–Trinajstić information content (AvgIpc) is 2.72. The highest BCUT2D eigenvalue weighted by Gasteiger charge is 2.41. The van der Waals surface area contributed by atoms with Gasteiger partial charge in [0.15, 0.2) is 0 Å². The molecule has 1 N–H and O–H groups in total. The van der Waals surface area contributed by atoms with Gasteiger partial charge in [-0.15, -0.1) is 0 Å². The molecule has 28 heavy (non-hydrogen) atoms. The fraction of sp³-hybridized carbons (Fsp3) is 0.263. The van der Waals surface area contributed by atoms with Gasteiger partial charge in [0, 0.05) is 12.5 Å². The molecule has 2 heterocycles. The normalized spacial score (nSPS) is 21.9. The number of hydrogen-bond acceptors (Lipinski definition) is 5. The smallest absolute Gasteiger partial charge is 0.227 e. The number of aliphatic imine (C=N–C) groups is 2. The van der Waals surface area contributed by atoms with Crippen LogP contribution in [0.5, 0.6) is 0 Å². The highest BCUT2D eigenvalue weighted by Crippen LogP contribution is 2.37. The lowest BCUT2D eigenvalue weighted by Crippen LogP contribution is -2.46. The molecule has 0 bridgehead atoms. The molecule has 2 aromatic rings. The van der Waals surface area contributed by atoms with E-state index in [2.05, 4.69) is 21.0 Å². The van der Waals surface area contributed by atoms with Crippen LogP contribution >= 0.6 is 0 Å². The molecule has 0 radical (unpaired) electrons. The molecule has 1 aromatic heterocycles. The monoisotopic (exact) mass is 399 g/mol. The molecule has 1 aliphatic rings. The van der Waals surface area contributed by atoms with E-state index in [0.29, 0.717) is 11.4 Å². The number of aliphatic hydroxyl groups is 1. The van der Waals surface area contributed by atoms with Crippen LogP contribution in [0.25, 0.3) is 0 Å². The first-order chi connectivity index (χ1) is 13.6. The van der Waals surface area contributed by atoms with E-state index in [1.165, 1.54) is 18.4 Å². The summed E-state index contributed by atoms with van der Waals surface area (Å²) in [5, 5.41) is 19.2. The van der Waals surface area contributed by atoms with Crippen molar-refractivity contribution in [2.75, 3.05) is 24.3 Å². The molecule has 9 heteroatoms. The molecule has 0 amide bonds. The van der Waals surface area contributed by atoms with Crippen LogP contribution in [0.2, 0.25) is 0 Å². The van der Waals surface area contributed by atoms with Gasteiger partial charge in [0.25, 0.3) is 0 Å². The van der Waals surface area contributed by atoms with Crippen molar-refractivity contribution in [1.82, 2.24) is 4.98 Å². The number of guanidine groups is 1. The molecule has 144 valence electrons. The van der Waals surface area contributed by atoms with Gasteiger partial charge >= 0.3 is 0 Å². The lowest BCUT2D eigenvalue weighted by molar-refractivity contribution is 0.306. The largest absolute Gasteiger partial charge is 0.394 e. The maximum atomic E-state index is 13.5. The number of nitrogens with zero attached hydrogens (tertiary/aromatic N) is 5. The second-order valence-corrected chi connectivity index (χ2v) is 7.30. The van der Waals surface area contributed by atoms with Crippen molar-refractivity contribution in [3.63, 3.8) is 0 Å². The Morgan fingerprint density at radius 1 is 1.32 bits per heavy atom. The molecule has 0 saturated heterocycles. The van der Waals surface area contributed by atoms with Gasteiger partial charge in [-0.1, -0.05) is 18.2 Å². The molecular weight excluding hydrogens is 381 g/mol. The summed E-state index contributed by atoms with van der Waals surface area (Å²) in [6, 6.07) is 12.6. The zero-order valence-corrected chi connectivity index (χ0v) is 15.9. The maximum Gasteiger partial charge on any atom is 0.227 e. The summed E-state index contributed by atoms with van der Waals surface area (Å²) < 4.78 is 25.8. The highest BCUT2D eigenvalue weighted by atomic mass is 32.2. The first-order valence-electron chi connectivity index (χ1n) is 8.49. The predicted octanol–water partition coefficient (Wildman–Crippen LogP) is 2.05. The number of rotatable bonds is 4. The standard InChI is InChI=1S/C19H18FN5O2S/c1-28(27)18-15(12-21)17(13-5-7-14(20)8-6-13)25(16-4-2-3-9-22-16)19(24-18)23-10-11-26/h2-9,15,17,26H,10-11H2,1H3. The number of pyridine rings is 1. The molecule has 3 unspecified atom stereocenters. The van der Waals surface area contributed by atoms with Crippen molar-refractivity contribution < 1.29 is 13.7 Å². The summed E-state index contributed by atoms with van der Waals surface area (Å²) in [7, 11) is -1.52. The molecule has 0 saturated carbocycles. The zero-order chi connectivity index (χ0) is 20.1. The van der Waals surface area contributed by atoms with Crippen LogP contribution in [0.4, 0.5) is 10.2 Å². The van der Waals surface area contributed by atoms with E-state index >= 15 is 0 Å². The van der Waals surface area contributed by atoms with Gasteiger partial charge in [-0.25, -0.2) is 19.4 Å². The topological polar surface area (TPSA) is 102 Å². The molecule has 0 fully saturated rings. The SMILES string of the molecule is CS(=O)C1=NC(=NCCO)N(c2ccccn2)C(c2ccc(F)cc2)C1C#N. The van der Waals surface area contributed by atoms with Crippen molar-refractivity contribution in [2.45, 2.75) is 6.04 Å². The number of anilines is 1. The summed E-state index contributed by atoms with van der Waals surface area (Å²) in [4.78, 5) is 14.7. The first-order valence-corrected chi connectivity index (χ1v) is 10.0. The number of aliphatic hydroxyl groups excluding tert-OH is 1. The molecule has 7 nitrogen and oxygen atoms in total. The molecule has 3 rings (SSSR count). The van der Waals surface area contributed by atoms with E-state index in [1.807, 2.05) is 0 Å². The summed E-state index contributed by atoms with van der Waals surface area (Å²) in [5.74, 6) is -0.580. The fourth-order valence-electron chi connectivity index (χ4n) is 3.00. The molecule has 0 aliphatic carbocycles. The van der Waals surface area contributed by atoms with Gasteiger partial charge in [0.1, 0.15) is 22.6 Å². The predicted molar refractivity (Wildman–Crippen MR) is 106 cm³/mol. The van der Waals surface area contributed by atoms with Gasteiger partial charge in [0.2, 0.25) is 5.96 Å². The maximum absolute atomic E-state index is 13.5. The number of halogens is 1. The van der Waals surface area contributed by atoms with Gasteiger partial charge in [-0.2, -0.15) is 5.26 Å². The molecule has 1 aliphatic heterocycles. The van der Waals surface area contributed by atoms with Crippen molar-refractivity contribution in [3.05, 3.63) is 60.0 Å². The third-order valence-electron chi connectivity index (χ3n) is 4.18. The second-order valence-electron chi connectivity index (χ2n) is 5.97. The van der Waals surface area contributed by atoms with E-state index in [0.717, 1.165) is 0 Å². The van der Waals surface area contributed by atoms with Gasteiger partial charge in [0.05, 0.1) is 36.1 Å². The van der Waals surface area contributed by atoms with Gasteiger partial charge < -0.3 is 5.11 Å². The van der Waals surface area contributed by atoms with Crippen LogP contribution in [0.3, 0.4) is 0 Å². The second kappa shape index (κ2) is 8.82. The summed E-state index contributed by atoms with van der Waals surface area (Å²) >= 11 is 0. The third kappa shape index (κ3) is 3.98. The Bertz CT molecular complexity index is 957. The lowest BCUT2D eigenvalue weighted by atomic mass is 9.92. The Hall–Kier alpha value is -2.96. The highest BCUT2D eigenvalue weighted by molar-refractivity contribution is 8.00. The van der Waals surface area contributed by atoms with Crippen LogP contribution in [0.15, 0.2) is 58.6 Å². The number of aromatic nitrogens is 1. The molecular formula is C19H18FN5O2S. The van der Waals surface area contributed by atoms with Crippen molar-refractivity contribution in [1.29, 1.82) is 5.26 Å². The van der Waals surface area contributed by atoms with Crippen LogP contribution < -0.4 is 4.90 Å². The Morgan fingerprint density at radius 2 is 2.07 bits per heavy atom. The van der Waals surface area contributed by atoms with E-state index in [4.69, 9.17) is 0 Å². The quantitative estimate of drug-likeness (QED) is 0.848. The Kier molecular flexibility index (Phi) is 6.23. The molecule has 0 spiro atoms. The van der Waals surface area contributed by atoms with Crippen molar-refractivity contribution in [3.8, 4) is 6.07 Å². The molecule has 1 aromatic carbocycles. The van der Waals surface area contributed by atoms with Crippen LogP contribution in [0.1, 0.15) is 11.6 Å². The van der Waals surface area contributed by atoms with Crippen LogP contribution in [0, 0.1) is 23.1 Å².